The fourth-order valence-electron chi connectivity index (χ4n) is 3.34. The average Bonchev–Trinajstić information content (AvgIpc) is 2.93. The maximum atomic E-state index is 13.0. The molecule has 2 aliphatic rings. The Morgan fingerprint density at radius 1 is 1.07 bits per heavy atom. The van der Waals surface area contributed by atoms with Crippen LogP contribution in [0.25, 0.3) is 0 Å². The number of rotatable bonds is 5. The predicted octanol–water partition coefficient (Wildman–Crippen LogP) is 2.61. The van der Waals surface area contributed by atoms with Crippen LogP contribution < -0.4 is 19.5 Å². The molecule has 2 heterocycles. The van der Waals surface area contributed by atoms with Gasteiger partial charge >= 0.3 is 6.03 Å². The minimum atomic E-state index is -1.16. The molecule has 0 spiro atoms. The molecular weight excluding hydrogens is 360 g/mol. The van der Waals surface area contributed by atoms with Gasteiger partial charge in [-0.2, -0.15) is 0 Å². The molecule has 1 saturated heterocycles. The number of imide groups is 1. The summed E-state index contributed by atoms with van der Waals surface area (Å²) in [7, 11) is 0. The number of fused-ring (bicyclic) bond motifs is 1. The quantitative estimate of drug-likeness (QED) is 0.805. The van der Waals surface area contributed by atoms with Crippen molar-refractivity contribution in [3.8, 4) is 17.2 Å². The first-order valence-electron chi connectivity index (χ1n) is 9.21. The second-order valence-corrected chi connectivity index (χ2v) is 7.03. The Morgan fingerprint density at radius 3 is 2.54 bits per heavy atom. The van der Waals surface area contributed by atoms with E-state index in [9.17, 15) is 9.59 Å². The SMILES string of the molecule is Cc1ccc(OCCN2C(=O)N[C@](C)(c3ccc4c(c3)OCCO4)C2=O)cc1. The van der Waals surface area contributed by atoms with Gasteiger partial charge in [-0.05, 0) is 43.7 Å². The van der Waals surface area contributed by atoms with Crippen molar-refractivity contribution in [2.45, 2.75) is 19.4 Å². The number of carbonyl (C=O) groups is 2. The maximum Gasteiger partial charge on any atom is 0.325 e. The Morgan fingerprint density at radius 2 is 1.79 bits per heavy atom. The van der Waals surface area contributed by atoms with Crippen LogP contribution in [0.4, 0.5) is 4.79 Å². The molecular formula is C21H22N2O5. The van der Waals surface area contributed by atoms with E-state index in [0.717, 1.165) is 5.56 Å². The topological polar surface area (TPSA) is 77.1 Å². The molecule has 1 fully saturated rings. The molecule has 0 saturated carbocycles. The summed E-state index contributed by atoms with van der Waals surface area (Å²) in [5.41, 5.74) is 0.630. The van der Waals surface area contributed by atoms with Crippen LogP contribution >= 0.6 is 0 Å². The monoisotopic (exact) mass is 382 g/mol. The van der Waals surface area contributed by atoms with Gasteiger partial charge in [-0.25, -0.2) is 4.79 Å². The van der Waals surface area contributed by atoms with E-state index in [2.05, 4.69) is 5.32 Å². The summed E-state index contributed by atoms with van der Waals surface area (Å²) >= 11 is 0. The summed E-state index contributed by atoms with van der Waals surface area (Å²) in [6.07, 6.45) is 0. The molecule has 1 atom stereocenters. The second-order valence-electron chi connectivity index (χ2n) is 7.03. The van der Waals surface area contributed by atoms with Crippen LogP contribution in [0, 0.1) is 6.92 Å². The number of amides is 3. The van der Waals surface area contributed by atoms with E-state index in [-0.39, 0.29) is 19.1 Å². The normalized spacial score (nSPS) is 20.9. The van der Waals surface area contributed by atoms with E-state index < -0.39 is 11.6 Å². The van der Waals surface area contributed by atoms with Crippen molar-refractivity contribution in [2.24, 2.45) is 0 Å². The zero-order valence-electron chi connectivity index (χ0n) is 15.9. The number of hydrogen-bond acceptors (Lipinski definition) is 5. The van der Waals surface area contributed by atoms with E-state index >= 15 is 0 Å². The van der Waals surface area contributed by atoms with E-state index in [1.54, 1.807) is 25.1 Å². The van der Waals surface area contributed by atoms with Crippen LogP contribution in [0.15, 0.2) is 42.5 Å². The molecule has 2 aromatic rings. The highest BCUT2D eigenvalue weighted by Crippen LogP contribution is 2.36. The third-order valence-electron chi connectivity index (χ3n) is 5.00. The Hall–Kier alpha value is -3.22. The average molecular weight is 382 g/mol. The fraction of sp³-hybridized carbons (Fsp3) is 0.333. The molecule has 2 aromatic carbocycles. The second kappa shape index (κ2) is 7.07. The minimum Gasteiger partial charge on any atom is -0.492 e. The summed E-state index contributed by atoms with van der Waals surface area (Å²) < 4.78 is 16.8. The van der Waals surface area contributed by atoms with Gasteiger partial charge in [0, 0.05) is 0 Å². The number of benzene rings is 2. The molecule has 4 rings (SSSR count). The molecule has 2 aliphatic heterocycles. The van der Waals surface area contributed by atoms with E-state index in [4.69, 9.17) is 14.2 Å². The summed E-state index contributed by atoms with van der Waals surface area (Å²) in [6.45, 7) is 5.03. The first-order valence-corrected chi connectivity index (χ1v) is 9.21. The van der Waals surface area contributed by atoms with E-state index in [1.807, 2.05) is 31.2 Å². The summed E-state index contributed by atoms with van der Waals surface area (Å²) in [5.74, 6) is 1.60. The zero-order valence-corrected chi connectivity index (χ0v) is 15.9. The van der Waals surface area contributed by atoms with Gasteiger partial charge < -0.3 is 19.5 Å². The Balaban J connectivity index is 1.46. The molecule has 28 heavy (non-hydrogen) atoms. The lowest BCUT2D eigenvalue weighted by Crippen LogP contribution is -2.41. The van der Waals surface area contributed by atoms with Crippen molar-refractivity contribution in [3.63, 3.8) is 0 Å². The Labute approximate surface area is 163 Å². The molecule has 3 amide bonds. The summed E-state index contributed by atoms with van der Waals surface area (Å²) in [6, 6.07) is 12.5. The van der Waals surface area contributed by atoms with Crippen LogP contribution in [0.1, 0.15) is 18.1 Å². The first kappa shape index (κ1) is 18.2. The van der Waals surface area contributed by atoms with Gasteiger partial charge in [-0.15, -0.1) is 0 Å². The number of nitrogens with zero attached hydrogens (tertiary/aromatic N) is 1. The number of hydrogen-bond donors (Lipinski definition) is 1. The van der Waals surface area contributed by atoms with Gasteiger partial charge in [0.05, 0.1) is 6.54 Å². The van der Waals surface area contributed by atoms with Crippen LogP contribution in [0.2, 0.25) is 0 Å². The lowest BCUT2D eigenvalue weighted by atomic mass is 9.91. The van der Waals surface area contributed by atoms with Crippen molar-refractivity contribution >= 4 is 11.9 Å². The first-order chi connectivity index (χ1) is 13.5. The maximum absolute atomic E-state index is 13.0. The number of aryl methyl sites for hydroxylation is 1. The molecule has 0 aliphatic carbocycles. The number of carbonyl (C=O) groups excluding carboxylic acids is 2. The molecule has 146 valence electrons. The van der Waals surface area contributed by atoms with Crippen molar-refractivity contribution in [2.75, 3.05) is 26.4 Å². The summed E-state index contributed by atoms with van der Waals surface area (Å²) in [4.78, 5) is 26.6. The minimum absolute atomic E-state index is 0.165. The van der Waals surface area contributed by atoms with Crippen molar-refractivity contribution in [3.05, 3.63) is 53.6 Å². The predicted molar refractivity (Wildman–Crippen MR) is 102 cm³/mol. The van der Waals surface area contributed by atoms with Crippen LogP contribution in [0.5, 0.6) is 17.2 Å². The molecule has 0 radical (unpaired) electrons. The van der Waals surface area contributed by atoms with Gasteiger partial charge in [0.2, 0.25) is 0 Å². The Bertz CT molecular complexity index is 912. The Kier molecular flexibility index (Phi) is 4.58. The highest BCUT2D eigenvalue weighted by molar-refractivity contribution is 6.07. The molecule has 0 aromatic heterocycles. The van der Waals surface area contributed by atoms with Crippen LogP contribution in [0.3, 0.4) is 0 Å². The van der Waals surface area contributed by atoms with Crippen LogP contribution in [-0.2, 0) is 10.3 Å². The molecule has 7 nitrogen and oxygen atoms in total. The number of nitrogens with one attached hydrogen (secondary N) is 1. The highest BCUT2D eigenvalue weighted by atomic mass is 16.6. The van der Waals surface area contributed by atoms with E-state index in [0.29, 0.717) is 36.0 Å². The van der Waals surface area contributed by atoms with Gasteiger partial charge in [0.15, 0.2) is 11.5 Å². The van der Waals surface area contributed by atoms with Crippen molar-refractivity contribution in [1.82, 2.24) is 10.2 Å². The van der Waals surface area contributed by atoms with E-state index in [1.165, 1.54) is 4.90 Å². The van der Waals surface area contributed by atoms with Gasteiger partial charge in [0.25, 0.3) is 5.91 Å². The lowest BCUT2D eigenvalue weighted by Gasteiger charge is -2.25. The van der Waals surface area contributed by atoms with Crippen molar-refractivity contribution < 1.29 is 23.8 Å². The van der Waals surface area contributed by atoms with Gasteiger partial charge in [0.1, 0.15) is 31.1 Å². The smallest absolute Gasteiger partial charge is 0.325 e. The third-order valence-corrected chi connectivity index (χ3v) is 5.00. The van der Waals surface area contributed by atoms with Gasteiger partial charge in [-0.3, -0.25) is 9.69 Å². The molecule has 7 heteroatoms. The van der Waals surface area contributed by atoms with Crippen LogP contribution in [-0.4, -0.2) is 43.2 Å². The third kappa shape index (κ3) is 3.24. The number of ether oxygens (including phenoxy) is 3. The fourth-order valence-corrected chi connectivity index (χ4v) is 3.34. The standard InChI is InChI=1S/C21H22N2O5/c1-14-3-6-16(7-4-14)26-10-9-23-19(24)21(2,22-20(23)25)15-5-8-17-18(13-15)28-12-11-27-17/h3-8,13H,9-12H2,1-2H3,(H,22,25)/t21-/m1/s1. The number of urea groups is 1. The largest absolute Gasteiger partial charge is 0.492 e. The lowest BCUT2D eigenvalue weighted by molar-refractivity contribution is -0.131. The molecule has 0 unspecified atom stereocenters. The molecule has 0 bridgehead atoms. The zero-order chi connectivity index (χ0) is 19.7. The van der Waals surface area contributed by atoms with Gasteiger partial charge in [-0.1, -0.05) is 23.8 Å². The molecule has 1 N–H and O–H groups in total. The summed E-state index contributed by atoms with van der Waals surface area (Å²) in [5, 5.41) is 2.79. The van der Waals surface area contributed by atoms with Crippen molar-refractivity contribution in [1.29, 1.82) is 0 Å². The highest BCUT2D eigenvalue weighted by Gasteiger charge is 2.49.